The minimum absolute atomic E-state index is 0.0316. The van der Waals surface area contributed by atoms with Crippen molar-refractivity contribution in [1.82, 2.24) is 10.2 Å². The van der Waals surface area contributed by atoms with E-state index in [9.17, 15) is 9.59 Å². The third-order valence-electron chi connectivity index (χ3n) is 6.20. The van der Waals surface area contributed by atoms with Crippen molar-refractivity contribution < 1.29 is 13.6 Å². The Morgan fingerprint density at radius 1 is 1.13 bits per heavy atom. The lowest BCUT2D eigenvalue weighted by Gasteiger charge is -2.35. The number of carbonyl (C=O) groups excluding carboxylic acids is 1. The topological polar surface area (TPSA) is 75.7 Å². The number of nitrogens with zero attached hydrogens (tertiary/aromatic N) is 1. The van der Waals surface area contributed by atoms with E-state index in [1.54, 1.807) is 6.07 Å². The molecule has 4 rings (SSSR count). The van der Waals surface area contributed by atoms with Crippen molar-refractivity contribution in [2.24, 2.45) is 5.92 Å². The molecule has 1 saturated heterocycles. The number of amides is 1. The lowest BCUT2D eigenvalue weighted by atomic mass is 9.97. The third-order valence-corrected chi connectivity index (χ3v) is 6.20. The zero-order valence-corrected chi connectivity index (χ0v) is 18.7. The second-order valence-electron chi connectivity index (χ2n) is 8.82. The maximum Gasteiger partial charge on any atom is 0.287 e. The average molecular weight is 423 g/mol. The first-order valence-electron chi connectivity index (χ1n) is 11.0. The third kappa shape index (κ3) is 4.59. The van der Waals surface area contributed by atoms with Gasteiger partial charge in [0.25, 0.3) is 5.91 Å². The van der Waals surface area contributed by atoms with Gasteiger partial charge in [-0.15, -0.1) is 0 Å². The molecule has 0 saturated carbocycles. The van der Waals surface area contributed by atoms with Gasteiger partial charge in [0.05, 0.1) is 11.4 Å². The molecule has 1 atom stereocenters. The average Bonchev–Trinajstić information content (AvgIpc) is 3.14. The summed E-state index contributed by atoms with van der Waals surface area (Å²) in [6, 6.07) is 8.89. The molecule has 1 aliphatic heterocycles. The van der Waals surface area contributed by atoms with Gasteiger partial charge in [0.2, 0.25) is 0 Å². The fourth-order valence-electron chi connectivity index (χ4n) is 4.43. The van der Waals surface area contributed by atoms with Gasteiger partial charge in [-0.05, 0) is 81.9 Å². The van der Waals surface area contributed by atoms with Crippen LogP contribution in [0.5, 0.6) is 0 Å². The van der Waals surface area contributed by atoms with E-state index in [-0.39, 0.29) is 17.2 Å². The van der Waals surface area contributed by atoms with E-state index in [2.05, 4.69) is 17.1 Å². The van der Waals surface area contributed by atoms with Crippen molar-refractivity contribution in [2.75, 3.05) is 19.6 Å². The van der Waals surface area contributed by atoms with Gasteiger partial charge >= 0.3 is 0 Å². The summed E-state index contributed by atoms with van der Waals surface area (Å²) in [5, 5.41) is 3.48. The molecule has 0 unspecified atom stereocenters. The van der Waals surface area contributed by atoms with E-state index in [1.807, 2.05) is 39.0 Å². The first-order valence-corrected chi connectivity index (χ1v) is 11.0. The molecular formula is C25H30N2O4. The van der Waals surface area contributed by atoms with E-state index in [0.717, 1.165) is 48.6 Å². The van der Waals surface area contributed by atoms with Crippen molar-refractivity contribution >= 4 is 16.9 Å². The molecule has 0 radical (unpaired) electrons. The summed E-state index contributed by atoms with van der Waals surface area (Å²) in [7, 11) is 0. The molecule has 1 N–H and O–H groups in total. The molecule has 1 aromatic carbocycles. The Morgan fingerprint density at radius 2 is 1.87 bits per heavy atom. The number of furan rings is 1. The van der Waals surface area contributed by atoms with Crippen molar-refractivity contribution in [3.8, 4) is 0 Å². The number of piperidine rings is 1. The van der Waals surface area contributed by atoms with Crippen LogP contribution in [0.3, 0.4) is 0 Å². The molecule has 2 aromatic heterocycles. The highest BCUT2D eigenvalue weighted by Gasteiger charge is 2.27. The summed E-state index contributed by atoms with van der Waals surface area (Å²) in [6.07, 6.45) is 2.25. The molecule has 1 aliphatic rings. The molecule has 1 amide bonds. The molecular weight excluding hydrogens is 392 g/mol. The summed E-state index contributed by atoms with van der Waals surface area (Å²) in [4.78, 5) is 27.9. The Kier molecular flexibility index (Phi) is 6.01. The highest BCUT2D eigenvalue weighted by atomic mass is 16.3. The molecule has 164 valence electrons. The van der Waals surface area contributed by atoms with Gasteiger partial charge in [-0.1, -0.05) is 13.0 Å². The maximum atomic E-state index is 12.9. The van der Waals surface area contributed by atoms with Gasteiger partial charge in [-0.3, -0.25) is 14.5 Å². The Hall–Kier alpha value is -2.86. The fourth-order valence-corrected chi connectivity index (χ4v) is 4.43. The predicted molar refractivity (Wildman–Crippen MR) is 120 cm³/mol. The first-order chi connectivity index (χ1) is 14.8. The van der Waals surface area contributed by atoms with Crippen LogP contribution in [0, 0.1) is 26.7 Å². The number of aryl methyl sites for hydroxylation is 3. The van der Waals surface area contributed by atoms with Gasteiger partial charge in [0.15, 0.2) is 11.2 Å². The minimum Gasteiger partial charge on any atom is -0.465 e. The summed E-state index contributed by atoms with van der Waals surface area (Å²) >= 11 is 0. The van der Waals surface area contributed by atoms with Crippen LogP contribution in [0.2, 0.25) is 0 Å². The standard InChI is InChI=1S/C25H30N2O4/c1-15-7-9-27(10-8-15)19(21-6-5-18(4)30-21)14-26-25(29)23-13-20(28)24-17(3)11-16(2)12-22(24)31-23/h5-6,11-13,15,19H,7-10,14H2,1-4H3,(H,26,29)/t19-/m0/s1. The van der Waals surface area contributed by atoms with Gasteiger partial charge < -0.3 is 14.2 Å². The Balaban J connectivity index is 1.56. The van der Waals surface area contributed by atoms with E-state index < -0.39 is 5.91 Å². The van der Waals surface area contributed by atoms with Crippen LogP contribution in [0.15, 0.2) is 44.0 Å². The van der Waals surface area contributed by atoms with E-state index in [1.165, 1.54) is 6.07 Å². The predicted octanol–water partition coefficient (Wildman–Crippen LogP) is 4.51. The largest absolute Gasteiger partial charge is 0.465 e. The fraction of sp³-hybridized carbons (Fsp3) is 0.440. The Bertz CT molecular complexity index is 1150. The lowest BCUT2D eigenvalue weighted by molar-refractivity contribution is 0.0870. The summed E-state index contributed by atoms with van der Waals surface area (Å²) < 4.78 is 11.7. The molecule has 3 heterocycles. The van der Waals surface area contributed by atoms with Crippen molar-refractivity contribution in [1.29, 1.82) is 0 Å². The molecule has 1 fully saturated rings. The molecule has 31 heavy (non-hydrogen) atoms. The normalized spacial score (nSPS) is 16.5. The molecule has 0 spiro atoms. The monoisotopic (exact) mass is 422 g/mol. The minimum atomic E-state index is -0.392. The SMILES string of the molecule is Cc1cc(C)c2c(=O)cc(C(=O)NC[C@@H](c3ccc(C)o3)N3CCC(C)CC3)oc2c1. The lowest BCUT2D eigenvalue weighted by Crippen LogP contribution is -2.41. The van der Waals surface area contributed by atoms with Gasteiger partial charge in [-0.25, -0.2) is 0 Å². The number of benzene rings is 1. The van der Waals surface area contributed by atoms with Crippen LogP contribution >= 0.6 is 0 Å². The Labute approximate surface area is 182 Å². The van der Waals surface area contributed by atoms with Gasteiger partial charge in [-0.2, -0.15) is 0 Å². The van der Waals surface area contributed by atoms with Crippen LogP contribution in [-0.4, -0.2) is 30.4 Å². The van der Waals surface area contributed by atoms with Crippen LogP contribution < -0.4 is 10.7 Å². The number of rotatable bonds is 5. The molecule has 0 bridgehead atoms. The van der Waals surface area contributed by atoms with Crippen molar-refractivity contribution in [3.05, 3.63) is 69.0 Å². The second-order valence-corrected chi connectivity index (χ2v) is 8.82. The van der Waals surface area contributed by atoms with Crippen LogP contribution in [0.25, 0.3) is 11.0 Å². The van der Waals surface area contributed by atoms with Crippen molar-refractivity contribution in [2.45, 2.75) is 46.6 Å². The smallest absolute Gasteiger partial charge is 0.287 e. The maximum absolute atomic E-state index is 12.9. The van der Waals surface area contributed by atoms with Crippen LogP contribution in [0.4, 0.5) is 0 Å². The van der Waals surface area contributed by atoms with Gasteiger partial charge in [0, 0.05) is 12.6 Å². The number of likely N-dealkylation sites (tertiary alicyclic amines) is 1. The summed E-state index contributed by atoms with van der Waals surface area (Å²) in [5.41, 5.74) is 2.08. The number of fused-ring (bicyclic) bond motifs is 1. The highest BCUT2D eigenvalue weighted by molar-refractivity contribution is 5.93. The summed E-state index contributed by atoms with van der Waals surface area (Å²) in [5.74, 6) is 2.05. The molecule has 3 aromatic rings. The van der Waals surface area contributed by atoms with Gasteiger partial charge in [0.1, 0.15) is 17.1 Å². The van der Waals surface area contributed by atoms with Crippen molar-refractivity contribution in [3.63, 3.8) is 0 Å². The van der Waals surface area contributed by atoms with E-state index in [4.69, 9.17) is 8.83 Å². The number of nitrogens with one attached hydrogen (secondary N) is 1. The molecule has 0 aliphatic carbocycles. The Morgan fingerprint density at radius 3 is 2.55 bits per heavy atom. The second kappa shape index (κ2) is 8.71. The first kappa shape index (κ1) is 21.4. The summed E-state index contributed by atoms with van der Waals surface area (Å²) in [6.45, 7) is 10.3. The van der Waals surface area contributed by atoms with Crippen LogP contribution in [0.1, 0.15) is 59.0 Å². The number of carbonyl (C=O) groups is 1. The quantitative estimate of drug-likeness (QED) is 0.655. The van der Waals surface area contributed by atoms with E-state index >= 15 is 0 Å². The van der Waals surface area contributed by atoms with Crippen LogP contribution in [-0.2, 0) is 0 Å². The zero-order chi connectivity index (χ0) is 22.1. The number of hydrogen-bond acceptors (Lipinski definition) is 5. The van der Waals surface area contributed by atoms with E-state index in [0.29, 0.717) is 23.4 Å². The number of hydrogen-bond donors (Lipinski definition) is 1. The molecule has 6 heteroatoms. The zero-order valence-electron chi connectivity index (χ0n) is 18.7. The molecule has 6 nitrogen and oxygen atoms in total. The highest BCUT2D eigenvalue weighted by Crippen LogP contribution is 2.28.